The van der Waals surface area contributed by atoms with Gasteiger partial charge in [-0.05, 0) is 62.4 Å². The van der Waals surface area contributed by atoms with E-state index in [0.717, 1.165) is 24.9 Å². The molecule has 1 atom stereocenters. The summed E-state index contributed by atoms with van der Waals surface area (Å²) in [6, 6.07) is 6.93. The summed E-state index contributed by atoms with van der Waals surface area (Å²) in [7, 11) is 0. The van der Waals surface area contributed by atoms with E-state index in [2.05, 4.69) is 36.2 Å². The third-order valence-electron chi connectivity index (χ3n) is 4.21. The third-order valence-corrected chi connectivity index (χ3v) is 4.21. The lowest BCUT2D eigenvalue weighted by Crippen LogP contribution is -2.40. The smallest absolute Gasteiger partial charge is 0.211 e. The minimum Gasteiger partial charge on any atom is -0.328 e. The highest BCUT2D eigenvalue weighted by Gasteiger charge is 2.24. The van der Waals surface area contributed by atoms with Gasteiger partial charge in [-0.1, -0.05) is 26.0 Å². The fourth-order valence-electron chi connectivity index (χ4n) is 3.35. The van der Waals surface area contributed by atoms with Crippen molar-refractivity contribution in [2.24, 2.45) is 0 Å². The molecule has 110 valence electrons. The van der Waals surface area contributed by atoms with Crippen molar-refractivity contribution in [3.63, 3.8) is 0 Å². The van der Waals surface area contributed by atoms with Gasteiger partial charge >= 0.3 is 0 Å². The number of hydrogen-bond donors (Lipinski definition) is 1. The fraction of sp³-hybridized carbons (Fsp3) is 0.588. The second-order valence-corrected chi connectivity index (χ2v) is 5.64. The maximum absolute atomic E-state index is 10.7. The van der Waals surface area contributed by atoms with Gasteiger partial charge in [-0.3, -0.25) is 4.79 Å². The molecule has 1 aromatic carbocycles. The van der Waals surface area contributed by atoms with Crippen molar-refractivity contribution in [3.05, 3.63) is 29.3 Å². The Morgan fingerprint density at radius 2 is 2.05 bits per heavy atom. The van der Waals surface area contributed by atoms with Crippen LogP contribution in [0.25, 0.3) is 0 Å². The average molecular weight is 274 g/mol. The van der Waals surface area contributed by atoms with Gasteiger partial charge in [-0.25, -0.2) is 0 Å². The summed E-state index contributed by atoms with van der Waals surface area (Å²) in [6.45, 7) is 6.90. The van der Waals surface area contributed by atoms with Crippen LogP contribution in [0.1, 0.15) is 44.2 Å². The summed E-state index contributed by atoms with van der Waals surface area (Å²) >= 11 is 0. The van der Waals surface area contributed by atoms with Crippen LogP contribution in [0.2, 0.25) is 0 Å². The summed E-state index contributed by atoms with van der Waals surface area (Å²) in [5.74, 6) is 0. The maximum atomic E-state index is 10.7. The second kappa shape index (κ2) is 7.44. The Bertz CT molecular complexity index is 439. The van der Waals surface area contributed by atoms with E-state index in [-0.39, 0.29) is 0 Å². The number of carbonyl (C=O) groups excluding carboxylic acids is 1. The van der Waals surface area contributed by atoms with Gasteiger partial charge in [0.15, 0.2) is 0 Å². The van der Waals surface area contributed by atoms with Crippen LogP contribution >= 0.6 is 0 Å². The molecule has 0 bridgehead atoms. The highest BCUT2D eigenvalue weighted by atomic mass is 16.1. The van der Waals surface area contributed by atoms with E-state index in [4.69, 9.17) is 0 Å². The molecule has 1 aliphatic rings. The number of benzene rings is 1. The highest BCUT2D eigenvalue weighted by molar-refractivity contribution is 5.74. The summed E-state index contributed by atoms with van der Waals surface area (Å²) in [5.41, 5.74) is 3.74. The standard InChI is InChI=1S/C17H26N2O/c1-3-10-19(11-4-2)15-8-9-16-14(12-15)6-5-7-17(16)18-13-20/h5-7,13,15H,3-4,8-12H2,1-2H3,(H,18,20). The van der Waals surface area contributed by atoms with Gasteiger partial charge in [-0.2, -0.15) is 0 Å². The van der Waals surface area contributed by atoms with Gasteiger partial charge in [0.05, 0.1) is 0 Å². The molecular weight excluding hydrogens is 248 g/mol. The van der Waals surface area contributed by atoms with Crippen molar-refractivity contribution < 1.29 is 4.79 Å². The topological polar surface area (TPSA) is 32.3 Å². The van der Waals surface area contributed by atoms with Gasteiger partial charge in [0.1, 0.15) is 0 Å². The summed E-state index contributed by atoms with van der Waals surface area (Å²) in [4.78, 5) is 13.3. The Balaban J connectivity index is 2.13. The van der Waals surface area contributed by atoms with E-state index in [1.807, 2.05) is 6.07 Å². The van der Waals surface area contributed by atoms with Crippen molar-refractivity contribution >= 4 is 12.1 Å². The largest absolute Gasteiger partial charge is 0.328 e. The van der Waals surface area contributed by atoms with E-state index in [1.165, 1.54) is 43.5 Å². The Morgan fingerprint density at radius 1 is 1.30 bits per heavy atom. The molecule has 3 nitrogen and oxygen atoms in total. The molecule has 1 aliphatic carbocycles. The van der Waals surface area contributed by atoms with Gasteiger partial charge in [0.2, 0.25) is 6.41 Å². The van der Waals surface area contributed by atoms with Gasteiger partial charge in [0.25, 0.3) is 0 Å². The number of carbonyl (C=O) groups is 1. The van der Waals surface area contributed by atoms with Crippen LogP contribution in [-0.2, 0) is 17.6 Å². The predicted molar refractivity (Wildman–Crippen MR) is 84.1 cm³/mol. The van der Waals surface area contributed by atoms with Crippen LogP contribution in [-0.4, -0.2) is 30.4 Å². The van der Waals surface area contributed by atoms with Crippen LogP contribution in [0.15, 0.2) is 18.2 Å². The van der Waals surface area contributed by atoms with Gasteiger partial charge in [-0.15, -0.1) is 0 Å². The zero-order chi connectivity index (χ0) is 14.4. The molecule has 0 heterocycles. The number of nitrogens with zero attached hydrogens (tertiary/aromatic N) is 1. The average Bonchev–Trinajstić information content (AvgIpc) is 2.47. The lowest BCUT2D eigenvalue weighted by molar-refractivity contribution is -0.105. The van der Waals surface area contributed by atoms with Crippen molar-refractivity contribution in [2.75, 3.05) is 18.4 Å². The molecule has 1 amide bonds. The monoisotopic (exact) mass is 274 g/mol. The molecule has 0 radical (unpaired) electrons. The molecule has 3 heteroatoms. The zero-order valence-corrected chi connectivity index (χ0v) is 12.7. The Hall–Kier alpha value is -1.35. The van der Waals surface area contributed by atoms with Crippen LogP contribution in [0.5, 0.6) is 0 Å². The molecular formula is C17H26N2O. The van der Waals surface area contributed by atoms with E-state index < -0.39 is 0 Å². The molecule has 0 spiro atoms. The molecule has 1 aromatic rings. The first kappa shape index (κ1) is 15.0. The van der Waals surface area contributed by atoms with Crippen molar-refractivity contribution in [1.82, 2.24) is 4.90 Å². The van der Waals surface area contributed by atoms with E-state index >= 15 is 0 Å². The molecule has 0 fully saturated rings. The quantitative estimate of drug-likeness (QED) is 0.774. The number of rotatable bonds is 7. The summed E-state index contributed by atoms with van der Waals surface area (Å²) < 4.78 is 0. The molecule has 1 N–H and O–H groups in total. The van der Waals surface area contributed by atoms with Crippen molar-refractivity contribution in [1.29, 1.82) is 0 Å². The Morgan fingerprint density at radius 3 is 2.70 bits per heavy atom. The Kier molecular flexibility index (Phi) is 5.60. The number of hydrogen-bond acceptors (Lipinski definition) is 2. The SMILES string of the molecule is CCCN(CCC)C1CCc2c(cccc2NC=O)C1. The second-order valence-electron chi connectivity index (χ2n) is 5.64. The molecule has 0 saturated carbocycles. The van der Waals surface area contributed by atoms with Crippen LogP contribution in [0.4, 0.5) is 5.69 Å². The molecule has 0 aromatic heterocycles. The maximum Gasteiger partial charge on any atom is 0.211 e. The van der Waals surface area contributed by atoms with Crippen molar-refractivity contribution in [3.8, 4) is 0 Å². The van der Waals surface area contributed by atoms with Crippen molar-refractivity contribution in [2.45, 2.75) is 52.0 Å². The normalized spacial score (nSPS) is 17.9. The fourth-order valence-corrected chi connectivity index (χ4v) is 3.35. The number of anilines is 1. The minimum atomic E-state index is 0.661. The number of fused-ring (bicyclic) bond motifs is 1. The number of amides is 1. The van der Waals surface area contributed by atoms with Crippen LogP contribution in [0.3, 0.4) is 0 Å². The lowest BCUT2D eigenvalue weighted by atomic mass is 9.86. The first-order chi connectivity index (χ1) is 9.80. The molecule has 20 heavy (non-hydrogen) atoms. The van der Waals surface area contributed by atoms with E-state index in [1.54, 1.807) is 0 Å². The third kappa shape index (κ3) is 3.40. The Labute approximate surface area is 122 Å². The molecule has 0 aliphatic heterocycles. The van der Waals surface area contributed by atoms with E-state index in [9.17, 15) is 4.79 Å². The first-order valence-corrected chi connectivity index (χ1v) is 7.85. The molecule has 0 saturated heterocycles. The van der Waals surface area contributed by atoms with Gasteiger partial charge in [0, 0.05) is 11.7 Å². The zero-order valence-electron chi connectivity index (χ0n) is 12.7. The summed E-state index contributed by atoms with van der Waals surface area (Å²) in [5, 5.41) is 2.84. The summed E-state index contributed by atoms with van der Waals surface area (Å²) in [6.07, 6.45) is 6.60. The predicted octanol–water partition coefficient (Wildman–Crippen LogP) is 3.23. The lowest BCUT2D eigenvalue weighted by Gasteiger charge is -2.35. The highest BCUT2D eigenvalue weighted by Crippen LogP contribution is 2.30. The van der Waals surface area contributed by atoms with Gasteiger partial charge < -0.3 is 10.2 Å². The minimum absolute atomic E-state index is 0.661. The first-order valence-electron chi connectivity index (χ1n) is 7.85. The molecule has 2 rings (SSSR count). The van der Waals surface area contributed by atoms with E-state index in [0.29, 0.717) is 6.04 Å². The van der Waals surface area contributed by atoms with Crippen LogP contribution < -0.4 is 5.32 Å². The van der Waals surface area contributed by atoms with Crippen LogP contribution in [0, 0.1) is 0 Å². The molecule has 1 unspecified atom stereocenters. The number of nitrogens with one attached hydrogen (secondary N) is 1.